The summed E-state index contributed by atoms with van der Waals surface area (Å²) < 4.78 is 0. The van der Waals surface area contributed by atoms with Crippen LogP contribution in [0, 0.1) is 0 Å². The fourth-order valence-electron chi connectivity index (χ4n) is 3.28. The zero-order valence-corrected chi connectivity index (χ0v) is 12.6. The van der Waals surface area contributed by atoms with Crippen molar-refractivity contribution in [2.24, 2.45) is 0 Å². The number of hydrogen-bond donors (Lipinski definition) is 1. The normalized spacial score (nSPS) is 19.0. The molecule has 0 fully saturated rings. The van der Waals surface area contributed by atoms with Crippen molar-refractivity contribution in [2.45, 2.75) is 44.6 Å². The van der Waals surface area contributed by atoms with Crippen molar-refractivity contribution in [3.8, 4) is 0 Å². The second-order valence-electron chi connectivity index (χ2n) is 5.73. The van der Waals surface area contributed by atoms with Crippen LogP contribution in [0.25, 0.3) is 0 Å². The molecule has 1 aliphatic rings. The number of hydrogen-bond acceptors (Lipinski definition) is 3. The molecule has 1 N–H and O–H groups in total. The van der Waals surface area contributed by atoms with Gasteiger partial charge in [-0.1, -0.05) is 19.1 Å². The first kappa shape index (κ1) is 14.2. The predicted octanol–water partition coefficient (Wildman–Crippen LogP) is 3.64. The van der Waals surface area contributed by atoms with Crippen LogP contribution in [0.1, 0.15) is 55.1 Å². The van der Waals surface area contributed by atoms with Crippen molar-refractivity contribution in [1.82, 2.24) is 15.3 Å². The molecule has 0 radical (unpaired) electrons. The molecule has 0 aliphatic heterocycles. The Morgan fingerprint density at radius 1 is 1.19 bits per heavy atom. The standard InChI is InChI=1S/C18H23N3/c1-2-11-20-18(16-10-3-4-12-19-16)15-9-5-7-14-8-6-13-21-17(14)15/h3-4,6,8,10,12-13,15,18,20H,2,5,7,9,11H2,1H3. The van der Waals surface area contributed by atoms with Gasteiger partial charge in [-0.2, -0.15) is 0 Å². The number of fused-ring (bicyclic) bond motifs is 1. The molecular weight excluding hydrogens is 258 g/mol. The maximum Gasteiger partial charge on any atom is 0.0580 e. The number of nitrogens with one attached hydrogen (secondary N) is 1. The molecule has 0 spiro atoms. The predicted molar refractivity (Wildman–Crippen MR) is 85.2 cm³/mol. The fraction of sp³-hybridized carbons (Fsp3) is 0.444. The van der Waals surface area contributed by atoms with Crippen molar-refractivity contribution in [2.75, 3.05) is 6.54 Å². The molecule has 2 unspecified atom stereocenters. The monoisotopic (exact) mass is 281 g/mol. The van der Waals surface area contributed by atoms with Gasteiger partial charge in [0.2, 0.25) is 0 Å². The first-order chi connectivity index (χ1) is 10.4. The van der Waals surface area contributed by atoms with E-state index < -0.39 is 0 Å². The molecule has 0 aromatic carbocycles. The third-order valence-corrected chi connectivity index (χ3v) is 4.26. The molecule has 0 saturated heterocycles. The first-order valence-electron chi connectivity index (χ1n) is 7.98. The van der Waals surface area contributed by atoms with Crippen LogP contribution in [-0.4, -0.2) is 16.5 Å². The number of nitrogens with zero attached hydrogens (tertiary/aromatic N) is 2. The van der Waals surface area contributed by atoms with Crippen LogP contribution in [0.3, 0.4) is 0 Å². The Morgan fingerprint density at radius 2 is 2.10 bits per heavy atom. The summed E-state index contributed by atoms with van der Waals surface area (Å²) in [6, 6.07) is 10.7. The van der Waals surface area contributed by atoms with Crippen LogP contribution in [0.4, 0.5) is 0 Å². The molecule has 3 rings (SSSR count). The third-order valence-electron chi connectivity index (χ3n) is 4.26. The number of pyridine rings is 2. The Hall–Kier alpha value is -1.74. The van der Waals surface area contributed by atoms with Crippen molar-refractivity contribution >= 4 is 0 Å². The lowest BCUT2D eigenvalue weighted by molar-refractivity contribution is 0.387. The molecule has 0 bridgehead atoms. The SMILES string of the molecule is CCCNC(c1ccccn1)C1CCCc2cccnc21. The van der Waals surface area contributed by atoms with E-state index in [9.17, 15) is 0 Å². The van der Waals surface area contributed by atoms with Gasteiger partial charge in [0.05, 0.1) is 11.7 Å². The van der Waals surface area contributed by atoms with Crippen LogP contribution in [0.2, 0.25) is 0 Å². The maximum absolute atomic E-state index is 4.69. The van der Waals surface area contributed by atoms with Crippen LogP contribution in [0.5, 0.6) is 0 Å². The highest BCUT2D eigenvalue weighted by atomic mass is 15.0. The fourth-order valence-corrected chi connectivity index (χ4v) is 3.28. The lowest BCUT2D eigenvalue weighted by Gasteiger charge is -2.31. The summed E-state index contributed by atoms with van der Waals surface area (Å²) in [4.78, 5) is 9.28. The van der Waals surface area contributed by atoms with Gasteiger partial charge in [-0.15, -0.1) is 0 Å². The second-order valence-corrected chi connectivity index (χ2v) is 5.73. The first-order valence-corrected chi connectivity index (χ1v) is 7.98. The largest absolute Gasteiger partial charge is 0.308 e. The Morgan fingerprint density at radius 3 is 2.90 bits per heavy atom. The van der Waals surface area contributed by atoms with Gasteiger partial charge in [0.25, 0.3) is 0 Å². The zero-order chi connectivity index (χ0) is 14.5. The molecule has 21 heavy (non-hydrogen) atoms. The minimum absolute atomic E-state index is 0.264. The highest BCUT2D eigenvalue weighted by Gasteiger charge is 2.30. The third kappa shape index (κ3) is 3.13. The lowest BCUT2D eigenvalue weighted by atomic mass is 9.80. The van der Waals surface area contributed by atoms with Crippen LogP contribution in [-0.2, 0) is 6.42 Å². The van der Waals surface area contributed by atoms with Gasteiger partial charge in [0, 0.05) is 24.0 Å². The zero-order valence-electron chi connectivity index (χ0n) is 12.6. The lowest BCUT2D eigenvalue weighted by Crippen LogP contribution is -2.31. The van der Waals surface area contributed by atoms with E-state index in [1.54, 1.807) is 0 Å². The molecule has 2 atom stereocenters. The van der Waals surface area contributed by atoms with Gasteiger partial charge in [-0.25, -0.2) is 0 Å². The van der Waals surface area contributed by atoms with E-state index in [2.05, 4.69) is 46.5 Å². The summed E-state index contributed by atoms with van der Waals surface area (Å²) >= 11 is 0. The summed E-state index contributed by atoms with van der Waals surface area (Å²) in [7, 11) is 0. The molecule has 2 heterocycles. The van der Waals surface area contributed by atoms with E-state index in [-0.39, 0.29) is 6.04 Å². The molecule has 2 aromatic heterocycles. The smallest absolute Gasteiger partial charge is 0.0580 e. The Balaban J connectivity index is 1.94. The second kappa shape index (κ2) is 6.81. The van der Waals surface area contributed by atoms with E-state index in [1.165, 1.54) is 24.1 Å². The van der Waals surface area contributed by atoms with Crippen molar-refractivity contribution in [3.63, 3.8) is 0 Å². The van der Waals surface area contributed by atoms with Crippen molar-refractivity contribution in [1.29, 1.82) is 0 Å². The molecule has 0 saturated carbocycles. The number of aryl methyl sites for hydroxylation is 1. The topological polar surface area (TPSA) is 37.8 Å². The van der Waals surface area contributed by atoms with Crippen molar-refractivity contribution in [3.05, 3.63) is 59.7 Å². The van der Waals surface area contributed by atoms with Gasteiger partial charge in [-0.3, -0.25) is 9.97 Å². The average Bonchev–Trinajstić information content (AvgIpc) is 2.56. The molecule has 0 amide bonds. The maximum atomic E-state index is 4.69. The Bertz CT molecular complexity index is 568. The summed E-state index contributed by atoms with van der Waals surface area (Å²) in [5, 5.41) is 3.69. The van der Waals surface area contributed by atoms with Gasteiger partial charge < -0.3 is 5.32 Å². The van der Waals surface area contributed by atoms with E-state index >= 15 is 0 Å². The average molecular weight is 281 g/mol. The van der Waals surface area contributed by atoms with Crippen LogP contribution in [0.15, 0.2) is 42.7 Å². The molecule has 110 valence electrons. The molecule has 3 nitrogen and oxygen atoms in total. The van der Waals surface area contributed by atoms with Gasteiger partial charge in [0.15, 0.2) is 0 Å². The molecule has 3 heteroatoms. The minimum atomic E-state index is 0.264. The van der Waals surface area contributed by atoms with E-state index in [1.807, 2.05) is 18.5 Å². The summed E-state index contributed by atoms with van der Waals surface area (Å²) in [6.45, 7) is 3.22. The Kier molecular flexibility index (Phi) is 4.61. The number of aromatic nitrogens is 2. The van der Waals surface area contributed by atoms with Crippen LogP contribution < -0.4 is 5.32 Å². The molecule has 2 aromatic rings. The van der Waals surface area contributed by atoms with Gasteiger partial charge in [0.1, 0.15) is 0 Å². The minimum Gasteiger partial charge on any atom is -0.308 e. The highest BCUT2D eigenvalue weighted by molar-refractivity contribution is 5.29. The molecule has 1 aliphatic carbocycles. The molecular formula is C18H23N3. The van der Waals surface area contributed by atoms with Gasteiger partial charge in [-0.05, 0) is 56.0 Å². The number of rotatable bonds is 5. The summed E-state index contributed by atoms with van der Waals surface area (Å²) in [5.74, 6) is 0.427. The summed E-state index contributed by atoms with van der Waals surface area (Å²) in [6.07, 6.45) is 8.51. The van der Waals surface area contributed by atoms with Crippen LogP contribution >= 0.6 is 0 Å². The van der Waals surface area contributed by atoms with E-state index in [4.69, 9.17) is 0 Å². The summed E-state index contributed by atoms with van der Waals surface area (Å²) in [5.41, 5.74) is 3.81. The van der Waals surface area contributed by atoms with Crippen molar-refractivity contribution < 1.29 is 0 Å². The van der Waals surface area contributed by atoms with E-state index in [0.717, 1.165) is 25.1 Å². The Labute approximate surface area is 126 Å². The highest BCUT2D eigenvalue weighted by Crippen LogP contribution is 2.38. The van der Waals surface area contributed by atoms with E-state index in [0.29, 0.717) is 5.92 Å². The quantitative estimate of drug-likeness (QED) is 0.909. The van der Waals surface area contributed by atoms with Gasteiger partial charge >= 0.3 is 0 Å².